The molecule has 0 aliphatic rings. The third kappa shape index (κ3) is 18.9. The maximum absolute atomic E-state index is 11.0. The molecular formula is C6H9F3. The second-order valence-corrected chi connectivity index (χ2v) is 1.10. The molecule has 0 aromatic rings. The summed E-state index contributed by atoms with van der Waals surface area (Å²) in [7, 11) is 0. The lowest BCUT2D eigenvalue weighted by Gasteiger charge is -1.74. The van der Waals surface area contributed by atoms with Gasteiger partial charge < -0.3 is 0 Å². The van der Waals surface area contributed by atoms with Crippen LogP contribution in [0, 0.1) is 0 Å². The summed E-state index contributed by atoms with van der Waals surface area (Å²) < 4.78 is 32.3. The van der Waals surface area contributed by atoms with Crippen molar-refractivity contribution >= 4 is 0 Å². The predicted octanol–water partition coefficient (Wildman–Crippen LogP) is 2.93. The van der Waals surface area contributed by atoms with E-state index >= 15 is 0 Å². The van der Waals surface area contributed by atoms with Crippen LogP contribution in [-0.2, 0) is 0 Å². The summed E-state index contributed by atoms with van der Waals surface area (Å²) in [5.74, 6) is -1.37. The molecule has 0 spiro atoms. The van der Waals surface area contributed by atoms with Gasteiger partial charge in [0.15, 0.2) is 5.83 Å². The number of allylic oxidation sites excluding steroid dienone is 2. The Hall–Kier alpha value is -0.730. The van der Waals surface area contributed by atoms with E-state index in [1.807, 2.05) is 6.92 Å². The van der Waals surface area contributed by atoms with Gasteiger partial charge in [-0.15, -0.1) is 6.58 Å². The van der Waals surface area contributed by atoms with Crippen LogP contribution in [-0.4, -0.2) is 6.67 Å². The highest BCUT2D eigenvalue weighted by Gasteiger charge is 1.86. The minimum atomic E-state index is -1.37. The van der Waals surface area contributed by atoms with E-state index in [4.69, 9.17) is 0 Å². The molecule has 3 heteroatoms. The number of rotatable bonds is 1. The van der Waals surface area contributed by atoms with Crippen LogP contribution in [0.1, 0.15) is 6.92 Å². The molecule has 0 rings (SSSR count). The van der Waals surface area contributed by atoms with Crippen LogP contribution in [0.4, 0.5) is 13.2 Å². The molecule has 0 bridgehead atoms. The molecule has 0 aromatic heterocycles. The van der Waals surface area contributed by atoms with E-state index < -0.39 is 18.8 Å². The molecule has 0 amide bonds. The first-order valence-corrected chi connectivity index (χ1v) is 2.30. The zero-order chi connectivity index (χ0) is 7.70. The monoisotopic (exact) mass is 138 g/mol. The van der Waals surface area contributed by atoms with Crippen LogP contribution in [0.25, 0.3) is 0 Å². The van der Waals surface area contributed by atoms with Gasteiger partial charge in [0.2, 0.25) is 0 Å². The Morgan fingerprint density at radius 3 is 2.00 bits per heavy atom. The molecule has 0 atom stereocenters. The fourth-order valence-electron chi connectivity index (χ4n) is 0.0292. The Kier molecular flexibility index (Phi) is 12.7. The first-order chi connectivity index (χ1) is 4.22. The summed E-state index contributed by atoms with van der Waals surface area (Å²) >= 11 is 0. The molecule has 0 radical (unpaired) electrons. The minimum Gasteiger partial charge on any atom is -0.243 e. The van der Waals surface area contributed by atoms with Gasteiger partial charge in [0.05, 0.1) is 0 Å². The van der Waals surface area contributed by atoms with Gasteiger partial charge in [-0.25, -0.2) is 13.2 Å². The standard InChI is InChI=1S/C3H3F3.C3H6/c4-1-3(6)2-5;1-3-2/h1H,2H2;3H,1H2,2H3. The highest BCUT2D eigenvalue weighted by molar-refractivity contribution is 4.82. The maximum atomic E-state index is 11.0. The van der Waals surface area contributed by atoms with Crippen molar-refractivity contribution in [3.63, 3.8) is 0 Å². The number of hydrogen-bond donors (Lipinski definition) is 0. The zero-order valence-electron chi connectivity index (χ0n) is 5.20. The lowest BCUT2D eigenvalue weighted by Crippen LogP contribution is -1.68. The molecule has 0 saturated heterocycles. The van der Waals surface area contributed by atoms with Crippen LogP contribution in [0.15, 0.2) is 24.8 Å². The molecule has 0 saturated carbocycles. The van der Waals surface area contributed by atoms with Crippen molar-refractivity contribution < 1.29 is 13.2 Å². The highest BCUT2D eigenvalue weighted by atomic mass is 19.2. The van der Waals surface area contributed by atoms with Crippen LogP contribution in [0.3, 0.4) is 0 Å². The van der Waals surface area contributed by atoms with Crippen LogP contribution >= 0.6 is 0 Å². The van der Waals surface area contributed by atoms with Gasteiger partial charge in [-0.1, -0.05) is 6.08 Å². The van der Waals surface area contributed by atoms with Gasteiger partial charge in [-0.05, 0) is 6.92 Å². The zero-order valence-corrected chi connectivity index (χ0v) is 5.20. The first kappa shape index (κ1) is 11.1. The minimum absolute atomic E-state index is 0.403. The molecule has 0 aliphatic heterocycles. The lowest BCUT2D eigenvalue weighted by molar-refractivity contribution is 0.444. The van der Waals surface area contributed by atoms with E-state index in [0.717, 1.165) is 0 Å². The van der Waals surface area contributed by atoms with E-state index in [9.17, 15) is 13.2 Å². The van der Waals surface area contributed by atoms with Gasteiger partial charge in [0, 0.05) is 0 Å². The van der Waals surface area contributed by atoms with Crippen molar-refractivity contribution in [3.8, 4) is 0 Å². The first-order valence-electron chi connectivity index (χ1n) is 2.30. The third-order valence-corrected chi connectivity index (χ3v) is 0.246. The Morgan fingerprint density at radius 1 is 1.67 bits per heavy atom. The van der Waals surface area contributed by atoms with E-state index in [1.165, 1.54) is 0 Å². The van der Waals surface area contributed by atoms with E-state index in [2.05, 4.69) is 6.58 Å². The summed E-state index contributed by atoms with van der Waals surface area (Å²) in [6.07, 6.45) is 1.35. The second-order valence-electron chi connectivity index (χ2n) is 1.10. The topological polar surface area (TPSA) is 0 Å². The third-order valence-electron chi connectivity index (χ3n) is 0.246. The highest BCUT2D eigenvalue weighted by Crippen LogP contribution is 1.94. The number of alkyl halides is 1. The number of hydrogen-bond acceptors (Lipinski definition) is 0. The smallest absolute Gasteiger partial charge is 0.159 e. The summed E-state index contributed by atoms with van der Waals surface area (Å²) in [5, 5.41) is 0. The summed E-state index contributed by atoms with van der Waals surface area (Å²) in [6, 6.07) is 0. The predicted molar refractivity (Wildman–Crippen MR) is 32.1 cm³/mol. The summed E-state index contributed by atoms with van der Waals surface area (Å²) in [4.78, 5) is 0. The van der Waals surface area contributed by atoms with Gasteiger partial charge in [-0.3, -0.25) is 0 Å². The average molecular weight is 138 g/mol. The molecule has 9 heavy (non-hydrogen) atoms. The fraction of sp³-hybridized carbons (Fsp3) is 0.333. The SMILES string of the molecule is C=CC.FC=C(F)CF. The summed E-state index contributed by atoms with van der Waals surface area (Å²) in [5.41, 5.74) is 0. The Balaban J connectivity index is 0. The normalized spacial score (nSPS) is 9.56. The second kappa shape index (κ2) is 10.3. The van der Waals surface area contributed by atoms with Crippen LogP contribution in [0.2, 0.25) is 0 Å². The Labute approximate surface area is 52.7 Å². The lowest BCUT2D eigenvalue weighted by atomic mass is 10.7. The van der Waals surface area contributed by atoms with E-state index in [-0.39, 0.29) is 0 Å². The maximum Gasteiger partial charge on any atom is 0.159 e. The molecular weight excluding hydrogens is 129 g/mol. The molecule has 0 unspecified atom stereocenters. The molecule has 0 heterocycles. The van der Waals surface area contributed by atoms with Crippen molar-refractivity contribution in [3.05, 3.63) is 24.8 Å². The van der Waals surface area contributed by atoms with E-state index in [0.29, 0.717) is 0 Å². The molecule has 0 fully saturated rings. The van der Waals surface area contributed by atoms with Gasteiger partial charge in [-0.2, -0.15) is 0 Å². The van der Waals surface area contributed by atoms with Crippen molar-refractivity contribution in [2.45, 2.75) is 6.92 Å². The quantitative estimate of drug-likeness (QED) is 0.488. The Morgan fingerprint density at radius 2 is 2.00 bits per heavy atom. The number of halogens is 3. The summed E-state index contributed by atoms with van der Waals surface area (Å²) in [6.45, 7) is 3.90. The van der Waals surface area contributed by atoms with E-state index in [1.54, 1.807) is 6.08 Å². The van der Waals surface area contributed by atoms with Gasteiger partial charge >= 0.3 is 0 Å². The van der Waals surface area contributed by atoms with Gasteiger partial charge in [0.25, 0.3) is 0 Å². The van der Waals surface area contributed by atoms with Crippen molar-refractivity contribution in [2.75, 3.05) is 6.67 Å². The largest absolute Gasteiger partial charge is 0.243 e. The van der Waals surface area contributed by atoms with Crippen LogP contribution < -0.4 is 0 Å². The fourth-order valence-corrected chi connectivity index (χ4v) is 0.0292. The van der Waals surface area contributed by atoms with Gasteiger partial charge in [0.1, 0.15) is 13.0 Å². The molecule has 0 nitrogen and oxygen atoms in total. The Bertz CT molecular complexity index is 86.3. The van der Waals surface area contributed by atoms with Crippen molar-refractivity contribution in [1.29, 1.82) is 0 Å². The molecule has 0 aromatic carbocycles. The molecule has 0 aliphatic carbocycles. The average Bonchev–Trinajstić information content (AvgIpc) is 1.88. The van der Waals surface area contributed by atoms with Crippen molar-refractivity contribution in [1.82, 2.24) is 0 Å². The van der Waals surface area contributed by atoms with Crippen LogP contribution in [0.5, 0.6) is 0 Å². The molecule has 0 N–H and O–H groups in total. The van der Waals surface area contributed by atoms with Crippen molar-refractivity contribution in [2.24, 2.45) is 0 Å². The molecule has 54 valence electrons.